The number of pyridine rings is 1. The Morgan fingerprint density at radius 2 is 1.89 bits per heavy atom. The van der Waals surface area contributed by atoms with Gasteiger partial charge >= 0.3 is 5.97 Å². The molecule has 1 saturated heterocycles. The summed E-state index contributed by atoms with van der Waals surface area (Å²) in [5, 5.41) is 10.2. The molecule has 0 aliphatic carbocycles. The molecule has 2 aromatic heterocycles. The van der Waals surface area contributed by atoms with Crippen molar-refractivity contribution in [3.63, 3.8) is 0 Å². The number of ether oxygens (including phenoxy) is 1. The third-order valence-electron chi connectivity index (χ3n) is 5.01. The van der Waals surface area contributed by atoms with Gasteiger partial charge in [0.1, 0.15) is 17.3 Å². The molecule has 140 valence electrons. The van der Waals surface area contributed by atoms with Crippen molar-refractivity contribution < 1.29 is 14.6 Å². The number of nitrogens with zero attached hydrogens (tertiary/aromatic N) is 4. The number of fused-ring (bicyclic) bond motifs is 1. The van der Waals surface area contributed by atoms with E-state index in [-0.39, 0.29) is 5.69 Å². The van der Waals surface area contributed by atoms with Crippen molar-refractivity contribution in [2.75, 3.05) is 38.1 Å². The summed E-state index contributed by atoms with van der Waals surface area (Å²) in [6.07, 6.45) is 1.75. The number of piperazine rings is 1. The lowest BCUT2D eigenvalue weighted by Gasteiger charge is -2.33. The van der Waals surface area contributed by atoms with Crippen molar-refractivity contribution >= 4 is 22.7 Å². The lowest BCUT2D eigenvalue weighted by atomic mass is 10.2. The van der Waals surface area contributed by atoms with Crippen LogP contribution in [0.3, 0.4) is 0 Å². The second-order valence-electron chi connectivity index (χ2n) is 6.83. The number of carboxylic acid groups (broad SMARTS) is 1. The zero-order chi connectivity index (χ0) is 19.0. The van der Waals surface area contributed by atoms with E-state index in [4.69, 9.17) is 4.74 Å². The third-order valence-corrected chi connectivity index (χ3v) is 5.01. The molecule has 0 radical (unpaired) electrons. The first kappa shape index (κ1) is 17.4. The molecule has 3 aromatic rings. The molecule has 0 atom stereocenters. The Bertz CT molecular complexity index is 990. The minimum Gasteiger partial charge on any atom is -0.477 e. The maximum Gasteiger partial charge on any atom is 0.352 e. The Balaban J connectivity index is 1.65. The van der Waals surface area contributed by atoms with Gasteiger partial charge in [-0.15, -0.1) is 0 Å². The summed E-state index contributed by atoms with van der Waals surface area (Å²) >= 11 is 0. The number of rotatable bonds is 4. The molecule has 1 fully saturated rings. The Morgan fingerprint density at radius 1 is 1.11 bits per heavy atom. The highest BCUT2D eigenvalue weighted by Gasteiger charge is 2.18. The van der Waals surface area contributed by atoms with E-state index in [0.717, 1.165) is 42.9 Å². The van der Waals surface area contributed by atoms with Crippen molar-refractivity contribution in [3.8, 4) is 11.5 Å². The topological polar surface area (TPSA) is 70.8 Å². The van der Waals surface area contributed by atoms with Crippen LogP contribution in [-0.2, 0) is 7.05 Å². The molecule has 0 spiro atoms. The highest BCUT2D eigenvalue weighted by molar-refractivity contribution is 5.96. The Hall–Kier alpha value is -3.06. The highest BCUT2D eigenvalue weighted by Crippen LogP contribution is 2.32. The molecule has 0 saturated carbocycles. The van der Waals surface area contributed by atoms with Gasteiger partial charge in [0.25, 0.3) is 0 Å². The predicted octanol–water partition coefficient (Wildman–Crippen LogP) is 2.82. The fourth-order valence-electron chi connectivity index (χ4n) is 3.47. The SMILES string of the molecule is CN1CCN(c2cc(Oc3cccc4cc(C(=O)O)n(C)c34)ccn2)CC1. The van der Waals surface area contributed by atoms with Crippen LogP contribution in [0.25, 0.3) is 10.9 Å². The fourth-order valence-corrected chi connectivity index (χ4v) is 3.47. The van der Waals surface area contributed by atoms with Crippen LogP contribution in [0.5, 0.6) is 11.5 Å². The Kier molecular flexibility index (Phi) is 4.45. The number of aromatic carboxylic acids is 1. The lowest BCUT2D eigenvalue weighted by molar-refractivity contribution is 0.0687. The average molecular weight is 366 g/mol. The van der Waals surface area contributed by atoms with Crippen LogP contribution >= 0.6 is 0 Å². The summed E-state index contributed by atoms with van der Waals surface area (Å²) < 4.78 is 7.78. The molecule has 7 heteroatoms. The molecule has 1 N–H and O–H groups in total. The van der Waals surface area contributed by atoms with E-state index in [1.54, 1.807) is 23.9 Å². The van der Waals surface area contributed by atoms with E-state index >= 15 is 0 Å². The van der Waals surface area contributed by atoms with Gasteiger partial charge < -0.3 is 24.2 Å². The molecule has 7 nitrogen and oxygen atoms in total. The first-order valence-corrected chi connectivity index (χ1v) is 8.92. The average Bonchev–Trinajstić information content (AvgIpc) is 3.01. The fraction of sp³-hybridized carbons (Fsp3) is 0.300. The summed E-state index contributed by atoms with van der Waals surface area (Å²) in [4.78, 5) is 20.5. The first-order valence-electron chi connectivity index (χ1n) is 8.92. The molecular formula is C20H22N4O3. The molecule has 3 heterocycles. The minimum absolute atomic E-state index is 0.230. The zero-order valence-electron chi connectivity index (χ0n) is 15.4. The number of carboxylic acids is 1. The third kappa shape index (κ3) is 3.33. The quantitative estimate of drug-likeness (QED) is 0.766. The normalized spacial score (nSPS) is 15.3. The lowest BCUT2D eigenvalue weighted by Crippen LogP contribution is -2.44. The number of hydrogen-bond acceptors (Lipinski definition) is 5. The van der Waals surface area contributed by atoms with E-state index < -0.39 is 5.97 Å². The first-order chi connectivity index (χ1) is 13.0. The number of likely N-dealkylation sites (N-methyl/N-ethyl adjacent to an activating group) is 1. The van der Waals surface area contributed by atoms with Crippen LogP contribution in [0, 0.1) is 0 Å². The van der Waals surface area contributed by atoms with Gasteiger partial charge in [-0.05, 0) is 25.2 Å². The van der Waals surface area contributed by atoms with Gasteiger partial charge in [0.15, 0.2) is 5.75 Å². The number of aryl methyl sites for hydroxylation is 1. The molecule has 1 aliphatic rings. The van der Waals surface area contributed by atoms with Gasteiger partial charge in [-0.3, -0.25) is 0 Å². The minimum atomic E-state index is -0.957. The molecule has 1 aliphatic heterocycles. The van der Waals surface area contributed by atoms with Gasteiger partial charge in [0.2, 0.25) is 0 Å². The second kappa shape index (κ2) is 6.92. The van der Waals surface area contributed by atoms with Crippen LogP contribution in [0.4, 0.5) is 5.82 Å². The molecular weight excluding hydrogens is 344 g/mol. The molecule has 27 heavy (non-hydrogen) atoms. The van der Waals surface area contributed by atoms with Crippen molar-refractivity contribution in [1.29, 1.82) is 0 Å². The van der Waals surface area contributed by atoms with Crippen molar-refractivity contribution in [1.82, 2.24) is 14.5 Å². The molecule has 0 bridgehead atoms. The van der Waals surface area contributed by atoms with Crippen molar-refractivity contribution in [3.05, 3.63) is 48.3 Å². The van der Waals surface area contributed by atoms with E-state index in [1.807, 2.05) is 30.3 Å². The standard InChI is InChI=1S/C20H22N4O3/c1-22-8-10-24(11-9-22)18-13-15(6-7-21-18)27-17-5-3-4-14-12-16(20(25)26)23(2)19(14)17/h3-7,12-13H,8-11H2,1-2H3,(H,25,26). The van der Waals surface area contributed by atoms with Crippen LogP contribution in [0.1, 0.15) is 10.5 Å². The zero-order valence-corrected chi connectivity index (χ0v) is 15.4. The summed E-state index contributed by atoms with van der Waals surface area (Å²) in [7, 11) is 3.86. The summed E-state index contributed by atoms with van der Waals surface area (Å²) in [5.41, 5.74) is 0.988. The summed E-state index contributed by atoms with van der Waals surface area (Å²) in [5.74, 6) is 1.24. The van der Waals surface area contributed by atoms with E-state index in [9.17, 15) is 9.90 Å². The van der Waals surface area contributed by atoms with Gasteiger partial charge in [-0.2, -0.15) is 0 Å². The van der Waals surface area contributed by atoms with Gasteiger partial charge in [0.05, 0.1) is 5.52 Å². The highest BCUT2D eigenvalue weighted by atomic mass is 16.5. The van der Waals surface area contributed by atoms with Gasteiger partial charge in [-0.1, -0.05) is 12.1 Å². The maximum absolute atomic E-state index is 11.4. The molecule has 0 amide bonds. The maximum atomic E-state index is 11.4. The van der Waals surface area contributed by atoms with Gasteiger partial charge in [-0.25, -0.2) is 9.78 Å². The van der Waals surface area contributed by atoms with Crippen LogP contribution < -0.4 is 9.64 Å². The number of aromatic nitrogens is 2. The number of benzene rings is 1. The number of carbonyl (C=O) groups is 1. The van der Waals surface area contributed by atoms with Crippen molar-refractivity contribution in [2.24, 2.45) is 7.05 Å². The van der Waals surface area contributed by atoms with Crippen LogP contribution in [-0.4, -0.2) is 58.8 Å². The molecule has 0 unspecified atom stereocenters. The van der Waals surface area contributed by atoms with E-state index in [1.165, 1.54) is 0 Å². The second-order valence-corrected chi connectivity index (χ2v) is 6.83. The van der Waals surface area contributed by atoms with Gasteiger partial charge in [0, 0.05) is 50.9 Å². The monoisotopic (exact) mass is 366 g/mol. The van der Waals surface area contributed by atoms with Crippen LogP contribution in [0.2, 0.25) is 0 Å². The smallest absolute Gasteiger partial charge is 0.352 e. The number of para-hydroxylation sites is 1. The van der Waals surface area contributed by atoms with E-state index in [2.05, 4.69) is 21.8 Å². The number of hydrogen-bond donors (Lipinski definition) is 1. The summed E-state index contributed by atoms with van der Waals surface area (Å²) in [6.45, 7) is 3.88. The van der Waals surface area contributed by atoms with Crippen molar-refractivity contribution in [2.45, 2.75) is 0 Å². The molecule has 4 rings (SSSR count). The molecule has 1 aromatic carbocycles. The summed E-state index contributed by atoms with van der Waals surface area (Å²) in [6, 6.07) is 11.0. The Labute approximate surface area is 157 Å². The van der Waals surface area contributed by atoms with E-state index in [0.29, 0.717) is 11.5 Å². The number of anilines is 1. The Morgan fingerprint density at radius 3 is 2.63 bits per heavy atom. The largest absolute Gasteiger partial charge is 0.477 e. The van der Waals surface area contributed by atoms with Crippen LogP contribution in [0.15, 0.2) is 42.6 Å². The predicted molar refractivity (Wildman–Crippen MR) is 104 cm³/mol.